The summed E-state index contributed by atoms with van der Waals surface area (Å²) in [7, 11) is 1.65. The summed E-state index contributed by atoms with van der Waals surface area (Å²) in [5, 5.41) is 3.42. The largest absolute Gasteiger partial charge is 0.493 e. The van der Waals surface area contributed by atoms with Crippen LogP contribution in [0.2, 0.25) is 0 Å². The minimum atomic E-state index is 0.149. The highest BCUT2D eigenvalue weighted by Crippen LogP contribution is 2.36. The highest BCUT2D eigenvalue weighted by atomic mass is 79.9. The number of halogens is 1. The van der Waals surface area contributed by atoms with Crippen molar-refractivity contribution in [2.75, 3.05) is 13.7 Å². The number of methoxy groups -OCH3 is 1. The first kappa shape index (κ1) is 15.9. The molecule has 0 spiro atoms. The average Bonchev–Trinajstić information content (AvgIpc) is 3.01. The predicted molar refractivity (Wildman–Crippen MR) is 85.8 cm³/mol. The van der Waals surface area contributed by atoms with Crippen LogP contribution in [-0.4, -0.2) is 13.7 Å². The van der Waals surface area contributed by atoms with Crippen molar-refractivity contribution in [1.29, 1.82) is 0 Å². The minimum Gasteiger partial charge on any atom is -0.493 e. The lowest BCUT2D eigenvalue weighted by molar-refractivity contribution is 0.308. The van der Waals surface area contributed by atoms with Gasteiger partial charge in [0.25, 0.3) is 0 Å². The van der Waals surface area contributed by atoms with E-state index in [9.17, 15) is 0 Å². The van der Waals surface area contributed by atoms with E-state index in [0.717, 1.165) is 27.3 Å². The van der Waals surface area contributed by atoms with E-state index >= 15 is 0 Å². The van der Waals surface area contributed by atoms with Gasteiger partial charge in [0, 0.05) is 6.54 Å². The Morgan fingerprint density at radius 2 is 2.19 bits per heavy atom. The first-order chi connectivity index (χ1) is 10.2. The van der Waals surface area contributed by atoms with Gasteiger partial charge < -0.3 is 19.2 Å². The predicted octanol–water partition coefficient (Wildman–Crippen LogP) is 4.30. The van der Waals surface area contributed by atoms with Crippen molar-refractivity contribution < 1.29 is 13.9 Å². The topological polar surface area (TPSA) is 43.6 Å². The summed E-state index contributed by atoms with van der Waals surface area (Å²) in [5.41, 5.74) is 1.11. The number of furan rings is 1. The monoisotopic (exact) mass is 353 g/mol. The molecule has 21 heavy (non-hydrogen) atoms. The molecule has 5 heteroatoms. The highest BCUT2D eigenvalue weighted by molar-refractivity contribution is 9.10. The maximum absolute atomic E-state index is 5.59. The van der Waals surface area contributed by atoms with E-state index in [0.29, 0.717) is 13.2 Å². The maximum Gasteiger partial charge on any atom is 0.175 e. The molecule has 0 aliphatic rings. The fourth-order valence-electron chi connectivity index (χ4n) is 2.07. The third-order valence-corrected chi connectivity index (χ3v) is 3.75. The zero-order valence-electron chi connectivity index (χ0n) is 12.5. The van der Waals surface area contributed by atoms with Gasteiger partial charge in [0.2, 0.25) is 0 Å². The Kier molecular flexibility index (Phi) is 5.70. The Hall–Kier alpha value is -1.46. The number of hydrogen-bond donors (Lipinski definition) is 1. The highest BCUT2D eigenvalue weighted by Gasteiger charge is 2.13. The molecule has 2 aromatic rings. The van der Waals surface area contributed by atoms with Gasteiger partial charge in [-0.1, -0.05) is 0 Å². The lowest BCUT2D eigenvalue weighted by atomic mass is 10.1. The molecule has 1 aromatic carbocycles. The molecule has 0 aliphatic heterocycles. The second kappa shape index (κ2) is 7.52. The van der Waals surface area contributed by atoms with Gasteiger partial charge in [0.05, 0.1) is 30.5 Å². The van der Waals surface area contributed by atoms with E-state index in [2.05, 4.69) is 28.2 Å². The zero-order chi connectivity index (χ0) is 15.2. The van der Waals surface area contributed by atoms with Crippen molar-refractivity contribution in [1.82, 2.24) is 5.32 Å². The molecule has 1 unspecified atom stereocenters. The number of ether oxygens (including phenoxy) is 2. The van der Waals surface area contributed by atoms with Crippen molar-refractivity contribution in [3.05, 3.63) is 46.3 Å². The summed E-state index contributed by atoms with van der Waals surface area (Å²) < 4.78 is 17.3. The molecule has 0 radical (unpaired) electrons. The summed E-state index contributed by atoms with van der Waals surface area (Å²) in [4.78, 5) is 0. The van der Waals surface area contributed by atoms with E-state index in [1.807, 2.05) is 31.2 Å². The number of benzene rings is 1. The Bertz CT molecular complexity index is 569. The van der Waals surface area contributed by atoms with Gasteiger partial charge in [-0.15, -0.1) is 0 Å². The lowest BCUT2D eigenvalue weighted by Gasteiger charge is -2.15. The molecule has 4 nitrogen and oxygen atoms in total. The molecule has 0 saturated carbocycles. The van der Waals surface area contributed by atoms with Gasteiger partial charge in [0.1, 0.15) is 5.76 Å². The summed E-state index contributed by atoms with van der Waals surface area (Å²) in [5.74, 6) is 2.39. The lowest BCUT2D eigenvalue weighted by Crippen LogP contribution is -2.17. The SMILES string of the molecule is CCOc1c(Br)cc(CNC(C)c2ccco2)cc1OC. The second-order valence-electron chi connectivity index (χ2n) is 4.66. The molecule has 1 heterocycles. The zero-order valence-corrected chi connectivity index (χ0v) is 14.1. The van der Waals surface area contributed by atoms with Gasteiger partial charge in [-0.05, 0) is 59.6 Å². The molecule has 114 valence electrons. The van der Waals surface area contributed by atoms with Crippen molar-refractivity contribution in [3.63, 3.8) is 0 Å². The molecule has 1 aromatic heterocycles. The van der Waals surface area contributed by atoms with Crippen LogP contribution < -0.4 is 14.8 Å². The normalized spacial score (nSPS) is 12.2. The van der Waals surface area contributed by atoms with E-state index in [4.69, 9.17) is 13.9 Å². The van der Waals surface area contributed by atoms with Gasteiger partial charge in [-0.2, -0.15) is 0 Å². The van der Waals surface area contributed by atoms with Crippen molar-refractivity contribution in [3.8, 4) is 11.5 Å². The van der Waals surface area contributed by atoms with Crippen LogP contribution >= 0.6 is 15.9 Å². The Labute approximate surface area is 133 Å². The van der Waals surface area contributed by atoms with Crippen molar-refractivity contribution >= 4 is 15.9 Å². The molecule has 0 saturated heterocycles. The molecule has 0 amide bonds. The standard InChI is InChI=1S/C16H20BrNO3/c1-4-20-16-13(17)8-12(9-15(16)19-3)10-18-11(2)14-6-5-7-21-14/h5-9,11,18H,4,10H2,1-3H3. The van der Waals surface area contributed by atoms with E-state index in [1.54, 1.807) is 13.4 Å². The molecular formula is C16H20BrNO3. The second-order valence-corrected chi connectivity index (χ2v) is 5.51. The van der Waals surface area contributed by atoms with Crippen LogP contribution in [0.4, 0.5) is 0 Å². The molecule has 0 aliphatic carbocycles. The van der Waals surface area contributed by atoms with Crippen LogP contribution in [0.5, 0.6) is 11.5 Å². The van der Waals surface area contributed by atoms with Crippen LogP contribution in [0.1, 0.15) is 31.2 Å². The van der Waals surface area contributed by atoms with Crippen molar-refractivity contribution in [2.24, 2.45) is 0 Å². The first-order valence-electron chi connectivity index (χ1n) is 6.91. The fraction of sp³-hybridized carbons (Fsp3) is 0.375. The summed E-state index contributed by atoms with van der Waals surface area (Å²) in [6.45, 7) is 5.33. The van der Waals surface area contributed by atoms with Gasteiger partial charge in [0.15, 0.2) is 11.5 Å². The van der Waals surface area contributed by atoms with Crippen molar-refractivity contribution in [2.45, 2.75) is 26.4 Å². The van der Waals surface area contributed by atoms with E-state index in [-0.39, 0.29) is 6.04 Å². The smallest absolute Gasteiger partial charge is 0.175 e. The molecule has 1 atom stereocenters. The number of hydrogen-bond acceptors (Lipinski definition) is 4. The Balaban J connectivity index is 2.08. The van der Waals surface area contributed by atoms with Crippen LogP contribution in [0.15, 0.2) is 39.4 Å². The third kappa shape index (κ3) is 4.02. The quantitative estimate of drug-likeness (QED) is 0.805. The average molecular weight is 354 g/mol. The molecule has 0 bridgehead atoms. The summed E-state index contributed by atoms with van der Waals surface area (Å²) >= 11 is 3.53. The third-order valence-electron chi connectivity index (χ3n) is 3.16. The van der Waals surface area contributed by atoms with Crippen LogP contribution in [0, 0.1) is 0 Å². The van der Waals surface area contributed by atoms with Gasteiger partial charge in [-0.3, -0.25) is 0 Å². The number of rotatable bonds is 7. The van der Waals surface area contributed by atoms with Crippen LogP contribution in [-0.2, 0) is 6.54 Å². The number of nitrogens with one attached hydrogen (secondary N) is 1. The van der Waals surface area contributed by atoms with Gasteiger partial charge in [-0.25, -0.2) is 0 Å². The molecule has 2 rings (SSSR count). The van der Waals surface area contributed by atoms with E-state index < -0.39 is 0 Å². The van der Waals surface area contributed by atoms with Gasteiger partial charge >= 0.3 is 0 Å². The Morgan fingerprint density at radius 3 is 2.81 bits per heavy atom. The molecule has 0 fully saturated rings. The van der Waals surface area contributed by atoms with Crippen LogP contribution in [0.3, 0.4) is 0 Å². The first-order valence-corrected chi connectivity index (χ1v) is 7.71. The Morgan fingerprint density at radius 1 is 1.38 bits per heavy atom. The summed E-state index contributed by atoms with van der Waals surface area (Å²) in [6, 6.07) is 8.03. The molecule has 1 N–H and O–H groups in total. The molecular weight excluding hydrogens is 334 g/mol. The minimum absolute atomic E-state index is 0.149. The van der Waals surface area contributed by atoms with E-state index in [1.165, 1.54) is 0 Å². The summed E-state index contributed by atoms with van der Waals surface area (Å²) in [6.07, 6.45) is 1.68. The van der Waals surface area contributed by atoms with Crippen LogP contribution in [0.25, 0.3) is 0 Å². The maximum atomic E-state index is 5.59. The fourth-order valence-corrected chi connectivity index (χ4v) is 2.67.